The van der Waals surface area contributed by atoms with Crippen molar-refractivity contribution in [2.24, 2.45) is 5.73 Å². The Morgan fingerprint density at radius 3 is 2.79 bits per heavy atom. The van der Waals surface area contributed by atoms with E-state index in [0.29, 0.717) is 5.56 Å². The standard InChI is InChI=1S/C13H10ClFN2OS/c14-10-5-1-3-8(11(10)15)7-17-6-2-4-9(12(16)19)13(17)18/h1-6H,7H2,(H2,16,19). The van der Waals surface area contributed by atoms with E-state index in [2.05, 4.69) is 0 Å². The van der Waals surface area contributed by atoms with Crippen LogP contribution >= 0.6 is 23.8 Å². The van der Waals surface area contributed by atoms with Gasteiger partial charge in [-0.2, -0.15) is 0 Å². The molecule has 0 unspecified atom stereocenters. The van der Waals surface area contributed by atoms with Crippen LogP contribution in [-0.2, 0) is 6.54 Å². The fraction of sp³-hybridized carbons (Fsp3) is 0.0769. The van der Waals surface area contributed by atoms with Crippen LogP contribution in [0, 0.1) is 5.82 Å². The lowest BCUT2D eigenvalue weighted by Gasteiger charge is -2.09. The highest BCUT2D eigenvalue weighted by Crippen LogP contribution is 2.18. The van der Waals surface area contributed by atoms with Crippen molar-refractivity contribution in [1.29, 1.82) is 0 Å². The molecule has 0 fully saturated rings. The first-order valence-electron chi connectivity index (χ1n) is 5.43. The van der Waals surface area contributed by atoms with Gasteiger partial charge in [0.2, 0.25) is 0 Å². The van der Waals surface area contributed by atoms with Gasteiger partial charge in [-0.3, -0.25) is 4.79 Å². The number of pyridine rings is 1. The summed E-state index contributed by atoms with van der Waals surface area (Å²) in [5.74, 6) is -0.531. The zero-order valence-electron chi connectivity index (χ0n) is 9.77. The third-order valence-electron chi connectivity index (χ3n) is 2.66. The highest BCUT2D eigenvalue weighted by molar-refractivity contribution is 7.80. The first-order chi connectivity index (χ1) is 9.00. The number of nitrogens with zero attached hydrogens (tertiary/aromatic N) is 1. The molecule has 0 amide bonds. The molecule has 1 aromatic heterocycles. The highest BCUT2D eigenvalue weighted by atomic mass is 35.5. The van der Waals surface area contributed by atoms with E-state index in [1.807, 2.05) is 0 Å². The summed E-state index contributed by atoms with van der Waals surface area (Å²) in [6, 6.07) is 7.83. The van der Waals surface area contributed by atoms with Crippen LogP contribution in [0.4, 0.5) is 4.39 Å². The molecule has 0 atom stereocenters. The smallest absolute Gasteiger partial charge is 0.261 e. The van der Waals surface area contributed by atoms with E-state index >= 15 is 0 Å². The number of benzene rings is 1. The minimum absolute atomic E-state index is 0.0194. The molecule has 0 aliphatic carbocycles. The van der Waals surface area contributed by atoms with Crippen LogP contribution in [0.3, 0.4) is 0 Å². The molecule has 0 saturated carbocycles. The predicted molar refractivity (Wildman–Crippen MR) is 77.1 cm³/mol. The van der Waals surface area contributed by atoms with Crippen LogP contribution in [0.2, 0.25) is 5.02 Å². The molecule has 19 heavy (non-hydrogen) atoms. The topological polar surface area (TPSA) is 48.0 Å². The summed E-state index contributed by atoms with van der Waals surface area (Å²) in [6.07, 6.45) is 1.55. The van der Waals surface area contributed by atoms with E-state index in [0.717, 1.165) is 0 Å². The Labute approximate surface area is 119 Å². The van der Waals surface area contributed by atoms with Gasteiger partial charge < -0.3 is 10.3 Å². The van der Waals surface area contributed by atoms with Crippen molar-refractivity contribution in [3.05, 3.63) is 68.8 Å². The molecular formula is C13H10ClFN2OS. The third kappa shape index (κ3) is 2.83. The van der Waals surface area contributed by atoms with Crippen LogP contribution in [-0.4, -0.2) is 9.56 Å². The maximum absolute atomic E-state index is 13.8. The average molecular weight is 297 g/mol. The molecular weight excluding hydrogens is 287 g/mol. The number of rotatable bonds is 3. The number of hydrogen-bond donors (Lipinski definition) is 1. The Bertz CT molecular complexity index is 699. The second kappa shape index (κ2) is 5.50. The third-order valence-corrected chi connectivity index (χ3v) is 3.17. The van der Waals surface area contributed by atoms with Crippen molar-refractivity contribution in [3.8, 4) is 0 Å². The zero-order valence-corrected chi connectivity index (χ0v) is 11.3. The van der Waals surface area contributed by atoms with Gasteiger partial charge in [0, 0.05) is 11.8 Å². The maximum Gasteiger partial charge on any atom is 0.261 e. The Morgan fingerprint density at radius 1 is 1.37 bits per heavy atom. The number of nitrogens with two attached hydrogens (primary N) is 1. The lowest BCUT2D eigenvalue weighted by atomic mass is 10.2. The summed E-state index contributed by atoms with van der Waals surface area (Å²) in [4.78, 5) is 12.1. The van der Waals surface area contributed by atoms with Gasteiger partial charge in [-0.05, 0) is 18.2 Å². The Kier molecular flexibility index (Phi) is 3.97. The summed E-state index contributed by atoms with van der Waals surface area (Å²) in [5, 5.41) is 0.0241. The van der Waals surface area contributed by atoms with Crippen LogP contribution < -0.4 is 11.3 Å². The number of thiocarbonyl (C=S) groups is 1. The molecule has 6 heteroatoms. The van der Waals surface area contributed by atoms with E-state index in [9.17, 15) is 9.18 Å². The van der Waals surface area contributed by atoms with Crippen molar-refractivity contribution >= 4 is 28.8 Å². The van der Waals surface area contributed by atoms with Gasteiger partial charge in [0.15, 0.2) is 0 Å². The molecule has 0 radical (unpaired) electrons. The lowest BCUT2D eigenvalue weighted by Crippen LogP contribution is -2.28. The first-order valence-corrected chi connectivity index (χ1v) is 6.21. The lowest BCUT2D eigenvalue weighted by molar-refractivity contribution is 0.596. The quantitative estimate of drug-likeness (QED) is 0.884. The first kappa shape index (κ1) is 13.7. The molecule has 2 rings (SSSR count). The van der Waals surface area contributed by atoms with Crippen molar-refractivity contribution in [2.45, 2.75) is 6.54 Å². The Hall–Kier alpha value is -1.72. The molecule has 0 spiro atoms. The minimum atomic E-state index is -0.531. The molecule has 1 aromatic carbocycles. The summed E-state index contributed by atoms with van der Waals surface area (Å²) >= 11 is 10.5. The van der Waals surface area contributed by atoms with Crippen molar-refractivity contribution in [2.75, 3.05) is 0 Å². The molecule has 0 bridgehead atoms. The maximum atomic E-state index is 13.8. The van der Waals surface area contributed by atoms with Gasteiger partial charge in [-0.15, -0.1) is 0 Å². The predicted octanol–water partition coefficient (Wildman–Crippen LogP) is 2.32. The summed E-state index contributed by atoms with van der Waals surface area (Å²) in [6.45, 7) is 0.0711. The number of hydrogen-bond acceptors (Lipinski definition) is 2. The molecule has 1 heterocycles. The minimum Gasteiger partial charge on any atom is -0.389 e. The van der Waals surface area contributed by atoms with Crippen molar-refractivity contribution in [1.82, 2.24) is 4.57 Å². The second-order valence-electron chi connectivity index (χ2n) is 3.93. The number of halogens is 2. The molecule has 0 aliphatic rings. The van der Waals surface area contributed by atoms with Crippen molar-refractivity contribution in [3.63, 3.8) is 0 Å². The van der Waals surface area contributed by atoms with Gasteiger partial charge in [0.25, 0.3) is 5.56 Å². The van der Waals surface area contributed by atoms with Crippen LogP contribution in [0.25, 0.3) is 0 Å². The number of aromatic nitrogens is 1. The largest absolute Gasteiger partial charge is 0.389 e. The van der Waals surface area contributed by atoms with Crippen LogP contribution in [0.15, 0.2) is 41.3 Å². The summed E-state index contributed by atoms with van der Waals surface area (Å²) in [7, 11) is 0. The van der Waals surface area contributed by atoms with E-state index in [1.54, 1.807) is 24.4 Å². The van der Waals surface area contributed by atoms with E-state index in [-0.39, 0.29) is 27.7 Å². The van der Waals surface area contributed by atoms with E-state index < -0.39 is 5.82 Å². The van der Waals surface area contributed by atoms with E-state index in [1.165, 1.54) is 16.7 Å². The Morgan fingerprint density at radius 2 is 2.11 bits per heavy atom. The average Bonchev–Trinajstić information content (AvgIpc) is 2.37. The van der Waals surface area contributed by atoms with Gasteiger partial charge in [-0.25, -0.2) is 4.39 Å². The molecule has 0 saturated heterocycles. The van der Waals surface area contributed by atoms with Crippen molar-refractivity contribution < 1.29 is 4.39 Å². The van der Waals surface area contributed by atoms with Gasteiger partial charge in [0.1, 0.15) is 10.8 Å². The second-order valence-corrected chi connectivity index (χ2v) is 4.78. The molecule has 2 N–H and O–H groups in total. The SMILES string of the molecule is NC(=S)c1cccn(Cc2cccc(Cl)c2F)c1=O. The summed E-state index contributed by atoms with van der Waals surface area (Å²) in [5.41, 5.74) is 5.67. The fourth-order valence-corrected chi connectivity index (χ4v) is 2.05. The molecule has 3 nitrogen and oxygen atoms in total. The van der Waals surface area contributed by atoms with Crippen LogP contribution in [0.5, 0.6) is 0 Å². The van der Waals surface area contributed by atoms with Gasteiger partial charge in [-0.1, -0.05) is 36.0 Å². The van der Waals surface area contributed by atoms with Gasteiger partial charge in [0.05, 0.1) is 17.1 Å². The van der Waals surface area contributed by atoms with Crippen LogP contribution in [0.1, 0.15) is 11.1 Å². The van der Waals surface area contributed by atoms with E-state index in [4.69, 9.17) is 29.6 Å². The molecule has 98 valence electrons. The molecule has 0 aliphatic heterocycles. The zero-order chi connectivity index (χ0) is 14.0. The Balaban J connectivity index is 2.45. The normalized spacial score (nSPS) is 10.4. The van der Waals surface area contributed by atoms with Gasteiger partial charge >= 0.3 is 0 Å². The monoisotopic (exact) mass is 296 g/mol. The highest BCUT2D eigenvalue weighted by Gasteiger charge is 2.10. The fourth-order valence-electron chi connectivity index (χ4n) is 1.70. The summed E-state index contributed by atoms with van der Waals surface area (Å²) < 4.78 is 15.1. The molecule has 2 aromatic rings.